The van der Waals surface area contributed by atoms with Crippen LogP contribution in [0.2, 0.25) is 0 Å². The van der Waals surface area contributed by atoms with Crippen LogP contribution in [0.5, 0.6) is 0 Å². The molecule has 4 aromatic rings. The number of ether oxygens (including phenoxy) is 1. The predicted molar refractivity (Wildman–Crippen MR) is 105 cm³/mol. The highest BCUT2D eigenvalue weighted by Crippen LogP contribution is 2.23. The highest BCUT2D eigenvalue weighted by molar-refractivity contribution is 7.20. The van der Waals surface area contributed by atoms with E-state index in [1.807, 2.05) is 25.1 Å². The van der Waals surface area contributed by atoms with E-state index in [9.17, 15) is 9.59 Å². The first-order valence-corrected chi connectivity index (χ1v) is 9.21. The van der Waals surface area contributed by atoms with Gasteiger partial charge in [-0.3, -0.25) is 4.79 Å². The third kappa shape index (κ3) is 3.26. The summed E-state index contributed by atoms with van der Waals surface area (Å²) in [7, 11) is 0. The average Bonchev–Trinajstić information content (AvgIpc) is 3.06. The molecule has 0 saturated carbocycles. The summed E-state index contributed by atoms with van der Waals surface area (Å²) in [5.74, 6) is -0.359. The van der Waals surface area contributed by atoms with Crippen molar-refractivity contribution in [3.05, 3.63) is 63.9 Å². The van der Waals surface area contributed by atoms with Crippen molar-refractivity contribution in [1.82, 2.24) is 14.6 Å². The molecule has 0 bridgehead atoms. The molecule has 0 atom stereocenters. The molecule has 0 fully saturated rings. The number of rotatable bonds is 4. The summed E-state index contributed by atoms with van der Waals surface area (Å²) in [4.78, 5) is 29.4. The second-order valence-corrected chi connectivity index (χ2v) is 6.92. The van der Waals surface area contributed by atoms with Crippen molar-refractivity contribution < 1.29 is 9.53 Å². The summed E-state index contributed by atoms with van der Waals surface area (Å²) >= 11 is 1.28. The van der Waals surface area contributed by atoms with Crippen molar-refractivity contribution in [2.75, 3.05) is 11.9 Å². The fourth-order valence-corrected chi connectivity index (χ4v) is 3.52. The normalized spacial score (nSPS) is 11.0. The van der Waals surface area contributed by atoms with Crippen LogP contribution in [0.15, 0.2) is 47.3 Å². The molecule has 0 aliphatic heterocycles. The lowest BCUT2D eigenvalue weighted by atomic mass is 10.2. The molecule has 0 saturated heterocycles. The van der Waals surface area contributed by atoms with Crippen molar-refractivity contribution in [3.63, 3.8) is 0 Å². The smallest absolute Gasteiger partial charge is 0.338 e. The number of anilines is 2. The molecule has 0 amide bonds. The number of aryl methyl sites for hydroxylation is 1. The number of carbonyl (C=O) groups excluding carboxylic acids is 1. The van der Waals surface area contributed by atoms with Gasteiger partial charge in [0.15, 0.2) is 0 Å². The summed E-state index contributed by atoms with van der Waals surface area (Å²) < 4.78 is 6.28. The number of fused-ring (bicyclic) bond motifs is 2. The molecule has 0 radical (unpaired) electrons. The number of esters is 1. The average molecular weight is 380 g/mol. The van der Waals surface area contributed by atoms with Gasteiger partial charge < -0.3 is 10.1 Å². The maximum absolute atomic E-state index is 12.7. The molecule has 0 unspecified atom stereocenters. The maximum atomic E-state index is 12.7. The van der Waals surface area contributed by atoms with Gasteiger partial charge in [0.1, 0.15) is 0 Å². The van der Waals surface area contributed by atoms with Crippen LogP contribution in [0.3, 0.4) is 0 Å². The van der Waals surface area contributed by atoms with Crippen LogP contribution in [0.25, 0.3) is 15.9 Å². The fourth-order valence-electron chi connectivity index (χ4n) is 2.70. The van der Waals surface area contributed by atoms with Crippen molar-refractivity contribution in [3.8, 4) is 0 Å². The molecule has 8 heteroatoms. The summed E-state index contributed by atoms with van der Waals surface area (Å²) in [5, 5.41) is 8.55. The molecule has 7 nitrogen and oxygen atoms in total. The van der Waals surface area contributed by atoms with Crippen molar-refractivity contribution >= 4 is 44.0 Å². The quantitative estimate of drug-likeness (QED) is 0.545. The van der Waals surface area contributed by atoms with Gasteiger partial charge in [-0.25, -0.2) is 9.78 Å². The third-order valence-electron chi connectivity index (χ3n) is 4.00. The molecule has 2 aromatic heterocycles. The van der Waals surface area contributed by atoms with E-state index in [2.05, 4.69) is 15.4 Å². The molecule has 27 heavy (non-hydrogen) atoms. The number of nitrogens with zero attached hydrogens (tertiary/aromatic N) is 3. The largest absolute Gasteiger partial charge is 0.462 e. The summed E-state index contributed by atoms with van der Waals surface area (Å²) in [6, 6.07) is 12.5. The molecule has 1 N–H and O–H groups in total. The van der Waals surface area contributed by atoms with Gasteiger partial charge in [-0.15, -0.1) is 5.10 Å². The summed E-state index contributed by atoms with van der Waals surface area (Å²) in [5.41, 5.74) is 2.68. The lowest BCUT2D eigenvalue weighted by molar-refractivity contribution is 0.0526. The van der Waals surface area contributed by atoms with Gasteiger partial charge in [0, 0.05) is 5.69 Å². The Morgan fingerprint density at radius 2 is 2.00 bits per heavy atom. The molecular weight excluding hydrogens is 364 g/mol. The number of nitrogens with one attached hydrogen (secondary N) is 1. The second kappa shape index (κ2) is 6.81. The number of carbonyl (C=O) groups is 1. The van der Waals surface area contributed by atoms with E-state index < -0.39 is 0 Å². The molecule has 0 aliphatic rings. The third-order valence-corrected chi connectivity index (χ3v) is 4.82. The Labute approximate surface area is 158 Å². The number of aromatic nitrogens is 3. The minimum absolute atomic E-state index is 0.194. The van der Waals surface area contributed by atoms with Crippen LogP contribution < -0.4 is 10.9 Å². The van der Waals surface area contributed by atoms with Crippen molar-refractivity contribution in [2.24, 2.45) is 0 Å². The van der Waals surface area contributed by atoms with Crippen LogP contribution in [-0.4, -0.2) is 27.2 Å². The van der Waals surface area contributed by atoms with Crippen LogP contribution in [0.1, 0.15) is 22.8 Å². The van der Waals surface area contributed by atoms with Crippen molar-refractivity contribution in [2.45, 2.75) is 13.8 Å². The minimum atomic E-state index is -0.359. The first-order chi connectivity index (χ1) is 13.0. The van der Waals surface area contributed by atoms with Crippen LogP contribution in [-0.2, 0) is 4.74 Å². The van der Waals surface area contributed by atoms with Gasteiger partial charge in [-0.05, 0) is 50.2 Å². The van der Waals surface area contributed by atoms with E-state index in [0.717, 1.165) is 11.3 Å². The van der Waals surface area contributed by atoms with Crippen LogP contribution in [0.4, 0.5) is 10.8 Å². The molecule has 2 aromatic carbocycles. The number of hydrogen-bond acceptors (Lipinski definition) is 7. The Hall–Kier alpha value is -3.26. The van der Waals surface area contributed by atoms with Gasteiger partial charge in [0.2, 0.25) is 10.1 Å². The van der Waals surface area contributed by atoms with Crippen LogP contribution >= 0.6 is 11.3 Å². The van der Waals surface area contributed by atoms with E-state index in [0.29, 0.717) is 33.2 Å². The molecule has 0 spiro atoms. The monoisotopic (exact) mass is 380 g/mol. The second-order valence-electron chi connectivity index (χ2n) is 5.96. The summed E-state index contributed by atoms with van der Waals surface area (Å²) in [6.45, 7) is 4.03. The topological polar surface area (TPSA) is 85.6 Å². The van der Waals surface area contributed by atoms with Gasteiger partial charge in [-0.1, -0.05) is 23.0 Å². The minimum Gasteiger partial charge on any atom is -0.462 e. The Kier molecular flexibility index (Phi) is 4.33. The van der Waals surface area contributed by atoms with Gasteiger partial charge >= 0.3 is 5.97 Å². The highest BCUT2D eigenvalue weighted by Gasteiger charge is 2.12. The van der Waals surface area contributed by atoms with Gasteiger partial charge in [0.25, 0.3) is 5.56 Å². The zero-order valence-electron chi connectivity index (χ0n) is 14.7. The lowest BCUT2D eigenvalue weighted by Crippen LogP contribution is -2.15. The Balaban J connectivity index is 1.66. The SMILES string of the molecule is CCOC(=O)c1ccc(Nc2nn3c(=O)c4cc(C)ccc4nc3s2)cc1. The van der Waals surface area contributed by atoms with E-state index in [1.165, 1.54) is 15.9 Å². The maximum Gasteiger partial charge on any atom is 0.338 e. The molecular formula is C19H16N4O3S. The predicted octanol–water partition coefficient (Wildman–Crippen LogP) is 3.53. The number of hydrogen-bond donors (Lipinski definition) is 1. The fraction of sp³-hybridized carbons (Fsp3) is 0.158. The lowest BCUT2D eigenvalue weighted by Gasteiger charge is -2.04. The molecule has 136 valence electrons. The standard InChI is InChI=1S/C19H16N4O3S/c1-3-26-17(25)12-5-7-13(8-6-12)20-18-22-23-16(24)14-10-11(2)4-9-15(14)21-19(23)27-18/h4-10H,3H2,1-2H3,(H,20,22). The Morgan fingerprint density at radius 3 is 2.74 bits per heavy atom. The van der Waals surface area contributed by atoms with E-state index in [-0.39, 0.29) is 11.5 Å². The van der Waals surface area contributed by atoms with Gasteiger partial charge in [0.05, 0.1) is 23.1 Å². The molecule has 4 rings (SSSR count). The number of benzene rings is 2. The Morgan fingerprint density at radius 1 is 1.22 bits per heavy atom. The van der Waals surface area contributed by atoms with E-state index in [4.69, 9.17) is 4.74 Å². The zero-order valence-corrected chi connectivity index (χ0v) is 15.5. The first kappa shape index (κ1) is 17.2. The molecule has 2 heterocycles. The van der Waals surface area contributed by atoms with Crippen molar-refractivity contribution in [1.29, 1.82) is 0 Å². The highest BCUT2D eigenvalue weighted by atomic mass is 32.1. The first-order valence-electron chi connectivity index (χ1n) is 8.39. The van der Waals surface area contributed by atoms with E-state index in [1.54, 1.807) is 31.2 Å². The van der Waals surface area contributed by atoms with Gasteiger partial charge in [-0.2, -0.15) is 4.52 Å². The molecule has 0 aliphatic carbocycles. The Bertz CT molecular complexity index is 1210. The summed E-state index contributed by atoms with van der Waals surface area (Å²) in [6.07, 6.45) is 0. The van der Waals surface area contributed by atoms with Crippen LogP contribution in [0, 0.1) is 6.92 Å². The van der Waals surface area contributed by atoms with E-state index >= 15 is 0 Å². The zero-order chi connectivity index (χ0) is 19.0.